The van der Waals surface area contributed by atoms with Crippen molar-refractivity contribution in [3.05, 3.63) is 29.8 Å². The number of aliphatic imine (C=N–C) groups is 1. The zero-order valence-corrected chi connectivity index (χ0v) is 17.3. The largest absolute Gasteiger partial charge is 0.481 e. The predicted molar refractivity (Wildman–Crippen MR) is 113 cm³/mol. The number of ether oxygens (including phenoxy) is 1. The SMILES string of the molecule is C#CCOc1ccc(CCNC(=NC)NCC2(C(=O)N(C)C)CCCC2)cc1. The zero-order valence-electron chi connectivity index (χ0n) is 17.3. The number of carbonyl (C=O) groups excluding carboxylic acids is 1. The smallest absolute Gasteiger partial charge is 0.230 e. The second-order valence-electron chi connectivity index (χ2n) is 7.43. The normalized spacial score (nSPS) is 15.6. The van der Waals surface area contributed by atoms with Crippen LogP contribution in [0.15, 0.2) is 29.3 Å². The summed E-state index contributed by atoms with van der Waals surface area (Å²) in [6.45, 7) is 1.64. The molecule has 1 fully saturated rings. The van der Waals surface area contributed by atoms with Gasteiger partial charge >= 0.3 is 0 Å². The van der Waals surface area contributed by atoms with Crippen molar-refractivity contribution in [3.63, 3.8) is 0 Å². The van der Waals surface area contributed by atoms with Crippen LogP contribution in [0.5, 0.6) is 5.75 Å². The van der Waals surface area contributed by atoms with Gasteiger partial charge < -0.3 is 20.3 Å². The fourth-order valence-electron chi connectivity index (χ4n) is 3.67. The number of rotatable bonds is 8. The molecule has 1 aliphatic rings. The zero-order chi connectivity index (χ0) is 20.4. The average Bonchev–Trinajstić information content (AvgIpc) is 3.19. The number of benzene rings is 1. The second kappa shape index (κ2) is 10.6. The Balaban J connectivity index is 1.81. The van der Waals surface area contributed by atoms with Crippen LogP contribution in [-0.2, 0) is 11.2 Å². The Morgan fingerprint density at radius 2 is 1.93 bits per heavy atom. The van der Waals surface area contributed by atoms with Gasteiger partial charge in [0.1, 0.15) is 12.4 Å². The highest BCUT2D eigenvalue weighted by Crippen LogP contribution is 2.38. The number of guanidine groups is 1. The molecule has 0 unspecified atom stereocenters. The number of nitrogens with zero attached hydrogens (tertiary/aromatic N) is 2. The van der Waals surface area contributed by atoms with Crippen molar-refractivity contribution in [2.75, 3.05) is 40.8 Å². The number of carbonyl (C=O) groups is 1. The molecule has 0 bridgehead atoms. The minimum Gasteiger partial charge on any atom is -0.481 e. The van der Waals surface area contributed by atoms with E-state index < -0.39 is 0 Å². The molecule has 1 saturated carbocycles. The number of nitrogens with one attached hydrogen (secondary N) is 2. The van der Waals surface area contributed by atoms with Gasteiger partial charge in [-0.25, -0.2) is 0 Å². The molecule has 0 aliphatic heterocycles. The van der Waals surface area contributed by atoms with Gasteiger partial charge in [-0.2, -0.15) is 0 Å². The summed E-state index contributed by atoms with van der Waals surface area (Å²) >= 11 is 0. The summed E-state index contributed by atoms with van der Waals surface area (Å²) in [5.41, 5.74) is 0.890. The third-order valence-electron chi connectivity index (χ3n) is 5.19. The number of amides is 1. The van der Waals surface area contributed by atoms with Gasteiger partial charge in [0.25, 0.3) is 0 Å². The lowest BCUT2D eigenvalue weighted by Crippen LogP contribution is -2.49. The standard InChI is InChI=1S/C22H32N4O2/c1-5-16-28-19-10-8-18(9-11-19)12-15-24-21(23-2)25-17-22(13-6-7-14-22)20(27)26(3)4/h1,8-11H,6-7,12-17H2,2-4H3,(H2,23,24,25). The molecule has 6 heteroatoms. The quantitative estimate of drug-likeness (QED) is 0.409. The van der Waals surface area contributed by atoms with E-state index in [1.807, 2.05) is 38.4 Å². The summed E-state index contributed by atoms with van der Waals surface area (Å²) in [7, 11) is 5.42. The van der Waals surface area contributed by atoms with Crippen molar-refractivity contribution in [1.82, 2.24) is 15.5 Å². The minimum absolute atomic E-state index is 0.208. The number of terminal acetylenes is 1. The Hall–Kier alpha value is -2.68. The molecule has 0 atom stereocenters. The van der Waals surface area contributed by atoms with E-state index in [0.29, 0.717) is 6.54 Å². The molecule has 1 aromatic rings. The molecular formula is C22H32N4O2. The van der Waals surface area contributed by atoms with Gasteiger partial charge in [0.2, 0.25) is 5.91 Å². The van der Waals surface area contributed by atoms with Gasteiger partial charge in [-0.05, 0) is 37.0 Å². The Morgan fingerprint density at radius 3 is 2.50 bits per heavy atom. The lowest BCUT2D eigenvalue weighted by molar-refractivity contribution is -0.138. The third kappa shape index (κ3) is 5.91. The molecule has 1 aromatic carbocycles. The van der Waals surface area contributed by atoms with E-state index in [2.05, 4.69) is 21.5 Å². The van der Waals surface area contributed by atoms with E-state index >= 15 is 0 Å². The monoisotopic (exact) mass is 384 g/mol. The van der Waals surface area contributed by atoms with Crippen molar-refractivity contribution in [3.8, 4) is 18.1 Å². The molecule has 1 amide bonds. The fourth-order valence-corrected chi connectivity index (χ4v) is 3.67. The molecule has 0 heterocycles. The highest BCUT2D eigenvalue weighted by atomic mass is 16.5. The maximum absolute atomic E-state index is 12.7. The molecule has 6 nitrogen and oxygen atoms in total. The Kier molecular flexibility index (Phi) is 8.19. The first kappa shape index (κ1) is 21.6. The molecule has 28 heavy (non-hydrogen) atoms. The van der Waals surface area contributed by atoms with Gasteiger partial charge in [-0.1, -0.05) is 30.9 Å². The predicted octanol–water partition coefficient (Wildman–Crippen LogP) is 2.05. The lowest BCUT2D eigenvalue weighted by atomic mass is 9.84. The van der Waals surface area contributed by atoms with E-state index in [1.165, 1.54) is 5.56 Å². The molecule has 152 valence electrons. The van der Waals surface area contributed by atoms with E-state index in [1.54, 1.807) is 11.9 Å². The highest BCUT2D eigenvalue weighted by molar-refractivity contribution is 5.85. The summed E-state index contributed by atoms with van der Waals surface area (Å²) < 4.78 is 5.38. The first-order valence-electron chi connectivity index (χ1n) is 9.82. The molecule has 2 N–H and O–H groups in total. The van der Waals surface area contributed by atoms with Crippen molar-refractivity contribution in [2.45, 2.75) is 32.1 Å². The molecule has 1 aliphatic carbocycles. The van der Waals surface area contributed by atoms with Gasteiger partial charge in [0, 0.05) is 34.2 Å². The molecule has 0 aromatic heterocycles. The van der Waals surface area contributed by atoms with Gasteiger partial charge in [-0.3, -0.25) is 9.79 Å². The van der Waals surface area contributed by atoms with E-state index in [0.717, 1.165) is 50.4 Å². The fraction of sp³-hybridized carbons (Fsp3) is 0.545. The summed E-state index contributed by atoms with van der Waals surface area (Å²) in [5.74, 6) is 4.17. The maximum Gasteiger partial charge on any atom is 0.230 e. The van der Waals surface area contributed by atoms with E-state index in [9.17, 15) is 4.79 Å². The van der Waals surface area contributed by atoms with Crippen LogP contribution >= 0.6 is 0 Å². The van der Waals surface area contributed by atoms with Gasteiger partial charge in [0.05, 0.1) is 5.41 Å². The van der Waals surface area contributed by atoms with Crippen molar-refractivity contribution >= 4 is 11.9 Å². The van der Waals surface area contributed by atoms with Crippen LogP contribution < -0.4 is 15.4 Å². The summed E-state index contributed by atoms with van der Waals surface area (Å²) in [6.07, 6.45) is 10.1. The third-order valence-corrected chi connectivity index (χ3v) is 5.19. The van der Waals surface area contributed by atoms with Gasteiger partial charge in [-0.15, -0.1) is 6.42 Å². The van der Waals surface area contributed by atoms with Crippen molar-refractivity contribution in [2.24, 2.45) is 10.4 Å². The molecular weight excluding hydrogens is 352 g/mol. The first-order chi connectivity index (χ1) is 13.5. The summed E-state index contributed by atoms with van der Waals surface area (Å²) in [5, 5.41) is 6.69. The van der Waals surface area contributed by atoms with E-state index in [4.69, 9.17) is 11.2 Å². The summed E-state index contributed by atoms with van der Waals surface area (Å²) in [4.78, 5) is 18.7. The van der Waals surface area contributed by atoms with Crippen LogP contribution in [0.4, 0.5) is 0 Å². The first-order valence-corrected chi connectivity index (χ1v) is 9.82. The van der Waals surface area contributed by atoms with Crippen LogP contribution in [0.1, 0.15) is 31.2 Å². The van der Waals surface area contributed by atoms with Crippen LogP contribution in [-0.4, -0.2) is 57.6 Å². The Labute approximate surface area is 168 Å². The average molecular weight is 385 g/mol. The Bertz CT molecular complexity index is 698. The second-order valence-corrected chi connectivity index (χ2v) is 7.43. The minimum atomic E-state index is -0.310. The van der Waals surface area contributed by atoms with Crippen molar-refractivity contribution in [1.29, 1.82) is 0 Å². The maximum atomic E-state index is 12.7. The van der Waals surface area contributed by atoms with Crippen LogP contribution in [0.25, 0.3) is 0 Å². The number of hydrogen-bond acceptors (Lipinski definition) is 3. The lowest BCUT2D eigenvalue weighted by Gasteiger charge is -2.31. The summed E-state index contributed by atoms with van der Waals surface area (Å²) in [6, 6.07) is 7.92. The van der Waals surface area contributed by atoms with Crippen LogP contribution in [0, 0.1) is 17.8 Å². The van der Waals surface area contributed by atoms with Crippen LogP contribution in [0.2, 0.25) is 0 Å². The van der Waals surface area contributed by atoms with Crippen LogP contribution in [0.3, 0.4) is 0 Å². The Morgan fingerprint density at radius 1 is 1.25 bits per heavy atom. The number of hydrogen-bond donors (Lipinski definition) is 2. The molecule has 0 saturated heterocycles. The van der Waals surface area contributed by atoms with Crippen molar-refractivity contribution < 1.29 is 9.53 Å². The highest BCUT2D eigenvalue weighted by Gasteiger charge is 2.42. The van der Waals surface area contributed by atoms with Gasteiger partial charge in [0.15, 0.2) is 5.96 Å². The topological polar surface area (TPSA) is 66.0 Å². The van der Waals surface area contributed by atoms with E-state index in [-0.39, 0.29) is 17.9 Å². The molecule has 0 radical (unpaired) electrons. The molecule has 2 rings (SSSR count). The molecule has 0 spiro atoms.